The van der Waals surface area contributed by atoms with E-state index in [9.17, 15) is 4.79 Å². The normalized spacial score (nSPS) is 15.9. The zero-order valence-electron chi connectivity index (χ0n) is 10.5. The van der Waals surface area contributed by atoms with Gasteiger partial charge in [-0.1, -0.05) is 22.0 Å². The van der Waals surface area contributed by atoms with Crippen LogP contribution in [-0.4, -0.2) is 23.9 Å². The Morgan fingerprint density at radius 1 is 1.26 bits per heavy atom. The predicted octanol–water partition coefficient (Wildman–Crippen LogP) is 3.87. The number of hydrogen-bond acceptors (Lipinski definition) is 3. The number of nitrogen functional groups attached to an aromatic ring is 1. The number of rotatable bonds is 1. The molecule has 0 unspecified atom stereocenters. The quantitative estimate of drug-likeness (QED) is 0.857. The van der Waals surface area contributed by atoms with Gasteiger partial charge in [0.2, 0.25) is 0 Å². The third-order valence-corrected chi connectivity index (χ3v) is 5.18. The molecule has 100 valence electrons. The average molecular weight is 339 g/mol. The number of nitrogens with zero attached hydrogens (tertiary/aromatic N) is 1. The van der Waals surface area contributed by atoms with Crippen LogP contribution in [0.5, 0.6) is 0 Å². The molecule has 0 bridgehead atoms. The first-order valence-electron chi connectivity index (χ1n) is 6.43. The summed E-state index contributed by atoms with van der Waals surface area (Å²) in [6.07, 6.45) is 3.42. The summed E-state index contributed by atoms with van der Waals surface area (Å²) in [5, 5.41) is 0.980. The van der Waals surface area contributed by atoms with Gasteiger partial charge in [0.15, 0.2) is 0 Å². The number of fused-ring (bicyclic) bond motifs is 1. The molecule has 0 radical (unpaired) electrons. The molecule has 3 nitrogen and oxygen atoms in total. The molecule has 0 saturated carbocycles. The minimum absolute atomic E-state index is 0.0922. The van der Waals surface area contributed by atoms with Gasteiger partial charge in [0.1, 0.15) is 4.88 Å². The third kappa shape index (κ3) is 2.37. The predicted molar refractivity (Wildman–Crippen MR) is 83.7 cm³/mol. The van der Waals surface area contributed by atoms with E-state index in [0.717, 1.165) is 40.5 Å². The maximum Gasteiger partial charge on any atom is 0.266 e. The zero-order valence-corrected chi connectivity index (χ0v) is 12.9. The Kier molecular flexibility index (Phi) is 3.50. The first kappa shape index (κ1) is 12.9. The van der Waals surface area contributed by atoms with Gasteiger partial charge < -0.3 is 10.6 Å². The van der Waals surface area contributed by atoms with E-state index in [1.807, 2.05) is 23.1 Å². The van der Waals surface area contributed by atoms with E-state index in [-0.39, 0.29) is 5.91 Å². The van der Waals surface area contributed by atoms with Crippen molar-refractivity contribution in [3.05, 3.63) is 27.5 Å². The van der Waals surface area contributed by atoms with Gasteiger partial charge in [-0.2, -0.15) is 0 Å². The number of anilines is 1. The van der Waals surface area contributed by atoms with Gasteiger partial charge in [-0.05, 0) is 31.4 Å². The van der Waals surface area contributed by atoms with Gasteiger partial charge in [-0.25, -0.2) is 0 Å². The van der Waals surface area contributed by atoms with Crippen molar-refractivity contribution in [2.75, 3.05) is 18.8 Å². The summed E-state index contributed by atoms with van der Waals surface area (Å²) in [4.78, 5) is 15.1. The monoisotopic (exact) mass is 338 g/mol. The van der Waals surface area contributed by atoms with Crippen LogP contribution in [0, 0.1) is 0 Å². The molecule has 5 heteroatoms. The number of likely N-dealkylation sites (tertiary alicyclic amines) is 1. The Labute approximate surface area is 124 Å². The van der Waals surface area contributed by atoms with Crippen LogP contribution in [0.1, 0.15) is 28.9 Å². The Morgan fingerprint density at radius 3 is 2.74 bits per heavy atom. The number of piperidine rings is 1. The molecule has 3 rings (SSSR count). The van der Waals surface area contributed by atoms with E-state index < -0.39 is 0 Å². The molecular weight excluding hydrogens is 324 g/mol. The molecule has 1 amide bonds. The molecule has 1 saturated heterocycles. The Bertz CT molecular complexity index is 632. The molecule has 0 aliphatic carbocycles. The Morgan fingerprint density at radius 2 is 2.00 bits per heavy atom. The summed E-state index contributed by atoms with van der Waals surface area (Å²) in [5.74, 6) is 0.0922. The smallest absolute Gasteiger partial charge is 0.266 e. The van der Waals surface area contributed by atoms with Gasteiger partial charge in [0.05, 0.1) is 5.69 Å². The topological polar surface area (TPSA) is 46.3 Å². The van der Waals surface area contributed by atoms with Gasteiger partial charge >= 0.3 is 0 Å². The van der Waals surface area contributed by atoms with Crippen molar-refractivity contribution in [1.29, 1.82) is 0 Å². The number of carbonyl (C=O) groups is 1. The molecule has 2 aromatic rings. The molecule has 1 aromatic heterocycles. The Balaban J connectivity index is 2.00. The fourth-order valence-electron chi connectivity index (χ4n) is 2.49. The highest BCUT2D eigenvalue weighted by Gasteiger charge is 2.23. The molecule has 1 aliphatic heterocycles. The van der Waals surface area contributed by atoms with Crippen molar-refractivity contribution < 1.29 is 4.79 Å². The third-order valence-electron chi connectivity index (χ3n) is 3.53. The van der Waals surface area contributed by atoms with Crippen LogP contribution in [0.4, 0.5) is 5.69 Å². The Hall–Kier alpha value is -1.07. The van der Waals surface area contributed by atoms with Gasteiger partial charge in [-0.3, -0.25) is 4.79 Å². The summed E-state index contributed by atoms with van der Waals surface area (Å²) in [6, 6.07) is 5.95. The van der Waals surface area contributed by atoms with Gasteiger partial charge in [-0.15, -0.1) is 11.3 Å². The minimum Gasteiger partial charge on any atom is -0.397 e. The van der Waals surface area contributed by atoms with Crippen LogP contribution in [0.25, 0.3) is 10.1 Å². The molecule has 0 atom stereocenters. The van der Waals surface area contributed by atoms with Crippen LogP contribution < -0.4 is 5.73 Å². The number of carbonyl (C=O) groups excluding carboxylic acids is 1. The zero-order chi connectivity index (χ0) is 13.4. The van der Waals surface area contributed by atoms with Crippen molar-refractivity contribution in [3.8, 4) is 0 Å². The van der Waals surface area contributed by atoms with Crippen molar-refractivity contribution in [2.45, 2.75) is 19.3 Å². The number of thiophene rings is 1. The largest absolute Gasteiger partial charge is 0.397 e. The lowest BCUT2D eigenvalue weighted by atomic mass is 10.1. The van der Waals surface area contributed by atoms with Crippen molar-refractivity contribution in [2.24, 2.45) is 0 Å². The summed E-state index contributed by atoms with van der Waals surface area (Å²) >= 11 is 4.94. The molecular formula is C14H15BrN2OS. The van der Waals surface area contributed by atoms with Crippen molar-refractivity contribution >= 4 is 48.9 Å². The van der Waals surface area contributed by atoms with Crippen LogP contribution in [0.3, 0.4) is 0 Å². The van der Waals surface area contributed by atoms with Crippen LogP contribution in [0.2, 0.25) is 0 Å². The van der Waals surface area contributed by atoms with E-state index >= 15 is 0 Å². The number of halogens is 1. The van der Waals surface area contributed by atoms with E-state index in [4.69, 9.17) is 5.73 Å². The average Bonchev–Trinajstić information content (AvgIpc) is 2.75. The maximum absolute atomic E-state index is 12.5. The molecule has 2 heterocycles. The molecule has 1 aromatic carbocycles. The van der Waals surface area contributed by atoms with Gasteiger partial charge in [0.25, 0.3) is 5.91 Å². The summed E-state index contributed by atoms with van der Waals surface area (Å²) in [6.45, 7) is 1.71. The van der Waals surface area contributed by atoms with E-state index in [1.165, 1.54) is 17.8 Å². The number of nitrogens with two attached hydrogens (primary N) is 1. The van der Waals surface area contributed by atoms with Crippen molar-refractivity contribution in [1.82, 2.24) is 4.90 Å². The summed E-state index contributed by atoms with van der Waals surface area (Å²) in [5.41, 5.74) is 6.77. The highest BCUT2D eigenvalue weighted by atomic mass is 79.9. The SMILES string of the molecule is Nc1c(C(=O)N2CCCCC2)sc2cc(Br)ccc12. The fraction of sp³-hybridized carbons (Fsp3) is 0.357. The first-order chi connectivity index (χ1) is 9.16. The summed E-state index contributed by atoms with van der Waals surface area (Å²) < 4.78 is 2.07. The number of hydrogen-bond donors (Lipinski definition) is 1. The lowest BCUT2D eigenvalue weighted by Crippen LogP contribution is -2.35. The van der Waals surface area contributed by atoms with Crippen LogP contribution in [-0.2, 0) is 0 Å². The highest BCUT2D eigenvalue weighted by Crippen LogP contribution is 2.36. The molecule has 1 aliphatic rings. The van der Waals surface area contributed by atoms with Crippen LogP contribution in [0.15, 0.2) is 22.7 Å². The molecule has 0 spiro atoms. The molecule has 1 fully saturated rings. The number of benzene rings is 1. The molecule has 2 N–H and O–H groups in total. The highest BCUT2D eigenvalue weighted by molar-refractivity contribution is 9.10. The minimum atomic E-state index is 0.0922. The fourth-order valence-corrected chi connectivity index (χ4v) is 4.13. The van der Waals surface area contributed by atoms with E-state index in [0.29, 0.717) is 10.6 Å². The maximum atomic E-state index is 12.5. The van der Waals surface area contributed by atoms with Crippen LogP contribution >= 0.6 is 27.3 Å². The first-order valence-corrected chi connectivity index (χ1v) is 8.04. The second-order valence-corrected chi connectivity index (χ2v) is 6.81. The van der Waals surface area contributed by atoms with E-state index in [1.54, 1.807) is 0 Å². The molecule has 19 heavy (non-hydrogen) atoms. The lowest BCUT2D eigenvalue weighted by molar-refractivity contribution is 0.0730. The number of amides is 1. The van der Waals surface area contributed by atoms with Gasteiger partial charge in [0, 0.05) is 27.6 Å². The van der Waals surface area contributed by atoms with Crippen molar-refractivity contribution in [3.63, 3.8) is 0 Å². The summed E-state index contributed by atoms with van der Waals surface area (Å²) in [7, 11) is 0. The second kappa shape index (κ2) is 5.13. The second-order valence-electron chi connectivity index (χ2n) is 4.84. The lowest BCUT2D eigenvalue weighted by Gasteiger charge is -2.26. The standard InChI is InChI=1S/C14H15BrN2OS/c15-9-4-5-10-11(8-9)19-13(12(10)16)14(18)17-6-2-1-3-7-17/h4-5,8H,1-3,6-7,16H2. The van der Waals surface area contributed by atoms with E-state index in [2.05, 4.69) is 15.9 Å².